The lowest BCUT2D eigenvalue weighted by molar-refractivity contribution is -0.145. The zero-order valence-corrected chi connectivity index (χ0v) is 18.4. The number of aryl methyl sites for hydroxylation is 1. The number of hydrogen-bond acceptors (Lipinski definition) is 6. The summed E-state index contributed by atoms with van der Waals surface area (Å²) in [6, 6.07) is 7.48. The Balaban J connectivity index is 1.67. The van der Waals surface area contributed by atoms with E-state index in [1.165, 1.54) is 0 Å². The zero-order chi connectivity index (χ0) is 21.7. The van der Waals surface area contributed by atoms with E-state index >= 15 is 0 Å². The molecular weight excluding hydrogens is 404 g/mol. The third-order valence-electron chi connectivity index (χ3n) is 5.25. The first kappa shape index (κ1) is 22.0. The number of piperazine rings is 1. The van der Waals surface area contributed by atoms with Crippen LogP contribution in [0.4, 0.5) is 5.82 Å². The van der Waals surface area contributed by atoms with Gasteiger partial charge in [0.15, 0.2) is 5.82 Å². The van der Waals surface area contributed by atoms with Crippen LogP contribution in [0.3, 0.4) is 0 Å². The lowest BCUT2D eigenvalue weighted by atomic mass is 10.1. The van der Waals surface area contributed by atoms with Gasteiger partial charge in [0.1, 0.15) is 5.82 Å². The van der Waals surface area contributed by atoms with Gasteiger partial charge >= 0.3 is 5.97 Å². The molecule has 0 spiro atoms. The lowest BCUT2D eigenvalue weighted by Gasteiger charge is -2.36. The Bertz CT molecular complexity index is 909. The smallest absolute Gasteiger partial charge is 0.306 e. The Morgan fingerprint density at radius 1 is 1.03 bits per heavy atom. The molecule has 2 heterocycles. The molecule has 0 unspecified atom stereocenters. The van der Waals surface area contributed by atoms with Crippen LogP contribution in [-0.4, -0.2) is 59.5 Å². The summed E-state index contributed by atoms with van der Waals surface area (Å²) in [4.78, 5) is 37.3. The van der Waals surface area contributed by atoms with Crippen molar-refractivity contribution in [1.29, 1.82) is 0 Å². The molecule has 0 bridgehead atoms. The summed E-state index contributed by atoms with van der Waals surface area (Å²) in [5.74, 6) is 1.22. The Kier molecular flexibility index (Phi) is 7.26. The number of amides is 1. The van der Waals surface area contributed by atoms with Crippen LogP contribution in [0.5, 0.6) is 0 Å². The number of nitrogens with zero attached hydrogens (tertiary/aromatic N) is 4. The minimum Gasteiger partial charge on any atom is -0.466 e. The molecule has 1 aliphatic heterocycles. The predicted octanol–water partition coefficient (Wildman–Crippen LogP) is 3.41. The van der Waals surface area contributed by atoms with E-state index in [1.54, 1.807) is 11.8 Å². The van der Waals surface area contributed by atoms with Gasteiger partial charge in [-0.25, -0.2) is 9.97 Å². The van der Waals surface area contributed by atoms with Crippen molar-refractivity contribution in [2.24, 2.45) is 0 Å². The van der Waals surface area contributed by atoms with Crippen molar-refractivity contribution in [3.63, 3.8) is 0 Å². The molecule has 0 aliphatic carbocycles. The molecule has 1 fully saturated rings. The van der Waals surface area contributed by atoms with E-state index in [0.717, 1.165) is 22.6 Å². The highest BCUT2D eigenvalue weighted by atomic mass is 35.5. The van der Waals surface area contributed by atoms with Gasteiger partial charge in [-0.2, -0.15) is 0 Å². The van der Waals surface area contributed by atoms with Crippen molar-refractivity contribution >= 4 is 29.3 Å². The Morgan fingerprint density at radius 3 is 2.33 bits per heavy atom. The van der Waals surface area contributed by atoms with Crippen molar-refractivity contribution in [3.05, 3.63) is 40.5 Å². The molecule has 7 nitrogen and oxygen atoms in total. The van der Waals surface area contributed by atoms with E-state index in [1.807, 2.05) is 38.1 Å². The van der Waals surface area contributed by atoms with Crippen LogP contribution in [0.25, 0.3) is 11.4 Å². The van der Waals surface area contributed by atoms with Gasteiger partial charge in [0.05, 0.1) is 13.0 Å². The van der Waals surface area contributed by atoms with Crippen LogP contribution in [0.1, 0.15) is 31.0 Å². The lowest BCUT2D eigenvalue weighted by Crippen LogP contribution is -2.49. The topological polar surface area (TPSA) is 75.6 Å². The van der Waals surface area contributed by atoms with Crippen molar-refractivity contribution in [2.75, 3.05) is 37.7 Å². The molecule has 30 heavy (non-hydrogen) atoms. The number of halogens is 1. The largest absolute Gasteiger partial charge is 0.466 e. The maximum atomic E-state index is 12.4. The number of carbonyl (C=O) groups excluding carboxylic acids is 2. The molecule has 3 rings (SSSR count). The second-order valence-electron chi connectivity index (χ2n) is 7.26. The monoisotopic (exact) mass is 430 g/mol. The summed E-state index contributed by atoms with van der Waals surface area (Å²) >= 11 is 6.00. The first-order valence-electron chi connectivity index (χ1n) is 10.2. The molecule has 1 amide bonds. The van der Waals surface area contributed by atoms with E-state index in [0.29, 0.717) is 43.6 Å². The fourth-order valence-electron chi connectivity index (χ4n) is 3.42. The van der Waals surface area contributed by atoms with E-state index in [9.17, 15) is 9.59 Å². The molecule has 1 aromatic heterocycles. The van der Waals surface area contributed by atoms with Crippen LogP contribution >= 0.6 is 11.6 Å². The summed E-state index contributed by atoms with van der Waals surface area (Å²) in [7, 11) is 0. The SMILES string of the molecule is CCOC(=O)CCC(=O)N1CCN(c2nc(-c3ccc(Cl)cc3)nc(C)c2C)CC1. The molecule has 1 saturated heterocycles. The molecule has 0 saturated carbocycles. The van der Waals surface area contributed by atoms with Crippen molar-refractivity contribution in [3.8, 4) is 11.4 Å². The Labute approximate surface area is 182 Å². The fourth-order valence-corrected chi connectivity index (χ4v) is 3.54. The number of ether oxygens (including phenoxy) is 1. The molecule has 160 valence electrons. The molecule has 0 radical (unpaired) electrons. The van der Waals surface area contributed by atoms with Crippen LogP contribution < -0.4 is 4.90 Å². The average Bonchev–Trinajstić information content (AvgIpc) is 2.75. The summed E-state index contributed by atoms with van der Waals surface area (Å²) < 4.78 is 4.89. The normalized spacial score (nSPS) is 14.0. The number of anilines is 1. The Hall–Kier alpha value is -2.67. The summed E-state index contributed by atoms with van der Waals surface area (Å²) in [5, 5.41) is 0.673. The van der Waals surface area contributed by atoms with Crippen LogP contribution in [0, 0.1) is 13.8 Å². The van der Waals surface area contributed by atoms with Crippen molar-refractivity contribution in [2.45, 2.75) is 33.6 Å². The maximum Gasteiger partial charge on any atom is 0.306 e. The number of aromatic nitrogens is 2. The van der Waals surface area contributed by atoms with Gasteiger partial charge in [0.25, 0.3) is 0 Å². The summed E-state index contributed by atoms with van der Waals surface area (Å²) in [6.45, 7) is 8.66. The third-order valence-corrected chi connectivity index (χ3v) is 5.50. The standard InChI is InChI=1S/C22H27ClN4O3/c1-4-30-20(29)10-9-19(28)26-11-13-27(14-12-26)22-15(2)16(3)24-21(25-22)17-5-7-18(23)8-6-17/h5-8H,4,9-14H2,1-3H3. The molecule has 0 atom stereocenters. The van der Waals surface area contributed by atoms with Gasteiger partial charge < -0.3 is 14.5 Å². The quantitative estimate of drug-likeness (QED) is 0.654. The van der Waals surface area contributed by atoms with Crippen molar-refractivity contribution < 1.29 is 14.3 Å². The van der Waals surface area contributed by atoms with E-state index in [4.69, 9.17) is 21.3 Å². The zero-order valence-electron chi connectivity index (χ0n) is 17.7. The summed E-state index contributed by atoms with van der Waals surface area (Å²) in [6.07, 6.45) is 0.312. The number of carbonyl (C=O) groups is 2. The highest BCUT2D eigenvalue weighted by Gasteiger charge is 2.24. The first-order chi connectivity index (χ1) is 14.4. The van der Waals surface area contributed by atoms with Crippen LogP contribution in [-0.2, 0) is 14.3 Å². The highest BCUT2D eigenvalue weighted by molar-refractivity contribution is 6.30. The first-order valence-corrected chi connectivity index (χ1v) is 10.6. The van der Waals surface area contributed by atoms with Gasteiger partial charge in [-0.3, -0.25) is 9.59 Å². The Morgan fingerprint density at radius 2 is 1.70 bits per heavy atom. The summed E-state index contributed by atoms with van der Waals surface area (Å²) in [5.41, 5.74) is 2.88. The van der Waals surface area contributed by atoms with Gasteiger partial charge in [0, 0.05) is 54.4 Å². The number of benzene rings is 1. The van der Waals surface area contributed by atoms with Gasteiger partial charge in [-0.05, 0) is 45.0 Å². The van der Waals surface area contributed by atoms with Gasteiger partial charge in [0.2, 0.25) is 5.91 Å². The minimum atomic E-state index is -0.327. The van der Waals surface area contributed by atoms with Crippen LogP contribution in [0.15, 0.2) is 24.3 Å². The van der Waals surface area contributed by atoms with E-state index < -0.39 is 0 Å². The van der Waals surface area contributed by atoms with E-state index in [2.05, 4.69) is 9.88 Å². The van der Waals surface area contributed by atoms with Crippen LogP contribution in [0.2, 0.25) is 5.02 Å². The molecule has 1 aliphatic rings. The third kappa shape index (κ3) is 5.27. The molecule has 1 aromatic carbocycles. The van der Waals surface area contributed by atoms with Crippen molar-refractivity contribution in [1.82, 2.24) is 14.9 Å². The molecular formula is C22H27ClN4O3. The predicted molar refractivity (Wildman–Crippen MR) is 117 cm³/mol. The highest BCUT2D eigenvalue weighted by Crippen LogP contribution is 2.26. The fraction of sp³-hybridized carbons (Fsp3) is 0.455. The average molecular weight is 431 g/mol. The van der Waals surface area contributed by atoms with E-state index in [-0.39, 0.29) is 24.7 Å². The number of hydrogen-bond donors (Lipinski definition) is 0. The van der Waals surface area contributed by atoms with Gasteiger partial charge in [-0.1, -0.05) is 11.6 Å². The van der Waals surface area contributed by atoms with Gasteiger partial charge in [-0.15, -0.1) is 0 Å². The second kappa shape index (κ2) is 9.89. The number of esters is 1. The maximum absolute atomic E-state index is 12.4. The number of rotatable bonds is 6. The molecule has 2 aromatic rings. The molecule has 8 heteroatoms. The molecule has 0 N–H and O–H groups in total. The second-order valence-corrected chi connectivity index (χ2v) is 7.70. The minimum absolute atomic E-state index is 0.0138.